The minimum absolute atomic E-state index is 0.00920. The van der Waals surface area contributed by atoms with Crippen LogP contribution in [-0.4, -0.2) is 93.1 Å². The number of nitrogens with one attached hydrogen (secondary N) is 1. The fourth-order valence-corrected chi connectivity index (χ4v) is 6.54. The summed E-state index contributed by atoms with van der Waals surface area (Å²) in [6.07, 6.45) is -1.11. The molecule has 1 aromatic heterocycles. The van der Waals surface area contributed by atoms with Crippen molar-refractivity contribution in [1.82, 2.24) is 30.4 Å². The minimum atomic E-state index is -1.35. The topological polar surface area (TPSA) is 240 Å². The number of tetrazole rings is 1. The summed E-state index contributed by atoms with van der Waals surface area (Å²) in [5.41, 5.74) is 6.61. The van der Waals surface area contributed by atoms with Crippen LogP contribution >= 0.6 is 23.5 Å². The first kappa shape index (κ1) is 28.4. The van der Waals surface area contributed by atoms with Gasteiger partial charge in [0.2, 0.25) is 17.0 Å². The van der Waals surface area contributed by atoms with Crippen LogP contribution in [-0.2, 0) is 41.4 Å². The van der Waals surface area contributed by atoms with Crippen molar-refractivity contribution in [3.63, 3.8) is 0 Å². The van der Waals surface area contributed by atoms with Gasteiger partial charge in [-0.05, 0) is 22.9 Å². The van der Waals surface area contributed by atoms with Crippen LogP contribution in [0.4, 0.5) is 0 Å². The number of carbonyl (C=O) groups is 4. The van der Waals surface area contributed by atoms with Crippen molar-refractivity contribution in [2.75, 3.05) is 11.5 Å². The molecule has 0 bridgehead atoms. The molecule has 1 saturated heterocycles. The summed E-state index contributed by atoms with van der Waals surface area (Å²) in [5.74, 6) is -2.25. The van der Waals surface area contributed by atoms with Crippen molar-refractivity contribution < 1.29 is 34.2 Å². The zero-order valence-electron chi connectivity index (χ0n) is 20.2. The molecule has 39 heavy (non-hydrogen) atoms. The highest BCUT2D eigenvalue weighted by molar-refractivity contribution is 8.01. The second-order valence-electron chi connectivity index (χ2n) is 8.11. The van der Waals surface area contributed by atoms with Crippen LogP contribution in [0.5, 0.6) is 0 Å². The summed E-state index contributed by atoms with van der Waals surface area (Å²) in [7, 11) is -1.35. The van der Waals surface area contributed by atoms with Gasteiger partial charge in [-0.3, -0.25) is 14.5 Å². The Morgan fingerprint density at radius 1 is 1.41 bits per heavy atom. The number of nitrogens with two attached hydrogens (primary N) is 1. The Kier molecular flexibility index (Phi) is 8.77. The van der Waals surface area contributed by atoms with Gasteiger partial charge in [0.25, 0.3) is 0 Å². The van der Waals surface area contributed by atoms with Gasteiger partial charge in [0, 0.05) is 17.2 Å². The lowest BCUT2D eigenvalue weighted by Crippen LogP contribution is -2.54. The molecule has 0 saturated carbocycles. The average Bonchev–Trinajstić information content (AvgIpc) is 3.44. The lowest BCUT2D eigenvalue weighted by molar-refractivity contribution is -0.148. The normalized spacial score (nSPS) is 21.2. The van der Waals surface area contributed by atoms with Gasteiger partial charge >= 0.3 is 11.9 Å². The second kappa shape index (κ2) is 12.1. The Morgan fingerprint density at radius 2 is 2.18 bits per heavy atom. The largest absolute Gasteiger partial charge is 0.479 e. The van der Waals surface area contributed by atoms with Crippen LogP contribution in [0.1, 0.15) is 19.8 Å². The number of hydrogen-bond donors (Lipinski definition) is 4. The molecule has 0 spiro atoms. The van der Waals surface area contributed by atoms with Gasteiger partial charge in [0.05, 0.1) is 24.8 Å². The maximum absolute atomic E-state index is 12.5. The third-order valence-electron chi connectivity index (χ3n) is 5.22. The van der Waals surface area contributed by atoms with Gasteiger partial charge in [-0.15, -0.1) is 16.9 Å². The summed E-state index contributed by atoms with van der Waals surface area (Å²) < 4.78 is 9.12. The Labute approximate surface area is 231 Å². The highest BCUT2D eigenvalue weighted by Gasteiger charge is 2.45. The first-order chi connectivity index (χ1) is 18.5. The molecular formula is C19H22N10O7S3. The molecular weight excluding hydrogens is 576 g/mol. The maximum atomic E-state index is 12.5. The highest BCUT2D eigenvalue weighted by atomic mass is 32.2. The zero-order valence-corrected chi connectivity index (χ0v) is 22.7. The molecule has 3 aliphatic heterocycles. The molecule has 1 fully saturated rings. The standard InChI is InChI=1S/C19H22N10O7S3/c1-8(21-12(30)3-11-22-18(20)39(24-11)27-36-9(2)16(32)33)5-28-19(23-25-26-28)38-7-10-6-37-14-4-13(31)29(14)15(10)17(34)35/h9,14H,1,3-7H2,2H3,(H,21,30)(H,32,33)(H,34,35)(H2,20,22,24). The lowest BCUT2D eigenvalue weighted by atomic mass is 10.1. The lowest BCUT2D eigenvalue weighted by Gasteiger charge is -2.43. The van der Waals surface area contributed by atoms with Crippen LogP contribution in [0.3, 0.4) is 0 Å². The number of amides is 2. The zero-order chi connectivity index (χ0) is 28.3. The van der Waals surface area contributed by atoms with Crippen molar-refractivity contribution in [1.29, 1.82) is 0 Å². The Balaban J connectivity index is 1.31. The van der Waals surface area contributed by atoms with E-state index in [1.165, 1.54) is 40.0 Å². The van der Waals surface area contributed by atoms with E-state index in [9.17, 15) is 24.3 Å². The number of aromatic nitrogens is 4. The summed E-state index contributed by atoms with van der Waals surface area (Å²) in [6, 6.07) is 0. The number of allylic oxidation sites excluding steroid dienone is 1. The van der Waals surface area contributed by atoms with E-state index in [1.807, 2.05) is 0 Å². The van der Waals surface area contributed by atoms with Crippen LogP contribution in [0, 0.1) is 0 Å². The molecule has 0 aliphatic carbocycles. The predicted octanol–water partition coefficient (Wildman–Crippen LogP) is -0.722. The first-order valence-corrected chi connectivity index (χ1v) is 14.2. The number of rotatable bonds is 12. The SMILES string of the molecule is C=C(Cn1nnnc1SCC1=C(C(=O)O)N2C(=O)CC2SC1)NC(=O)CC1=N/S(=N\OC(C)C(=O)O)C(N)=N1. The molecule has 4 heterocycles. The van der Waals surface area contributed by atoms with Gasteiger partial charge < -0.3 is 21.3 Å². The summed E-state index contributed by atoms with van der Waals surface area (Å²) in [4.78, 5) is 57.1. The number of carboxylic acids is 2. The molecule has 3 unspecified atom stereocenters. The van der Waals surface area contributed by atoms with Crippen molar-refractivity contribution in [3.8, 4) is 0 Å². The van der Waals surface area contributed by atoms with Crippen LogP contribution in [0.2, 0.25) is 0 Å². The number of nitrogens with zero attached hydrogens (tertiary/aromatic N) is 8. The number of fused-ring (bicyclic) bond motifs is 1. The average molecular weight is 599 g/mol. The fourth-order valence-electron chi connectivity index (χ4n) is 3.36. The Bertz CT molecular complexity index is 1370. The van der Waals surface area contributed by atoms with E-state index in [4.69, 9.17) is 15.7 Å². The van der Waals surface area contributed by atoms with E-state index >= 15 is 0 Å². The van der Waals surface area contributed by atoms with Gasteiger partial charge in [0.1, 0.15) is 16.6 Å². The van der Waals surface area contributed by atoms with E-state index in [1.54, 1.807) is 0 Å². The highest BCUT2D eigenvalue weighted by Crippen LogP contribution is 2.41. The summed E-state index contributed by atoms with van der Waals surface area (Å²) in [6.45, 7) is 5.14. The van der Waals surface area contributed by atoms with Crippen molar-refractivity contribution in [3.05, 3.63) is 23.5 Å². The number of aliphatic carboxylic acids is 2. The molecule has 4 rings (SSSR count). The summed E-state index contributed by atoms with van der Waals surface area (Å²) in [5, 5.41) is 32.8. The van der Waals surface area contributed by atoms with E-state index in [0.717, 1.165) is 0 Å². The van der Waals surface area contributed by atoms with Crippen LogP contribution in [0.25, 0.3) is 0 Å². The number of carbonyl (C=O) groups excluding carboxylic acids is 2. The molecule has 2 amide bonds. The van der Waals surface area contributed by atoms with Gasteiger partial charge in [0.15, 0.2) is 17.1 Å². The van der Waals surface area contributed by atoms with E-state index in [2.05, 4.69) is 41.3 Å². The van der Waals surface area contributed by atoms with E-state index in [0.29, 0.717) is 22.9 Å². The van der Waals surface area contributed by atoms with Gasteiger partial charge in [-0.2, -0.15) is 4.40 Å². The molecule has 0 aromatic carbocycles. The number of hydrogen-bond acceptors (Lipinski definition) is 13. The summed E-state index contributed by atoms with van der Waals surface area (Å²) >= 11 is 2.71. The van der Waals surface area contributed by atoms with Crippen molar-refractivity contribution in [2.45, 2.75) is 42.9 Å². The third-order valence-corrected chi connectivity index (χ3v) is 8.62. The predicted molar refractivity (Wildman–Crippen MR) is 140 cm³/mol. The first-order valence-electron chi connectivity index (χ1n) is 11.0. The van der Waals surface area contributed by atoms with Crippen LogP contribution in [0.15, 0.2) is 42.6 Å². The molecule has 5 N–H and O–H groups in total. The monoisotopic (exact) mass is 598 g/mol. The van der Waals surface area contributed by atoms with Crippen molar-refractivity contribution >= 4 is 69.2 Å². The number of aliphatic imine (C=N–C) groups is 1. The minimum Gasteiger partial charge on any atom is -0.479 e. The molecule has 17 nitrogen and oxygen atoms in total. The molecule has 0 radical (unpaired) electrons. The van der Waals surface area contributed by atoms with Crippen molar-refractivity contribution in [2.24, 2.45) is 19.6 Å². The molecule has 208 valence electrons. The number of amidine groups is 2. The number of β-lactam (4-membered cyclic amide) rings is 1. The molecule has 3 atom stereocenters. The Hall–Kier alpha value is -3.62. The van der Waals surface area contributed by atoms with Gasteiger partial charge in [-0.1, -0.05) is 22.9 Å². The second-order valence-corrected chi connectivity index (χ2v) is 11.5. The third kappa shape index (κ3) is 6.69. The number of thioether (sulfide) groups is 2. The number of carboxylic acid groups (broad SMARTS) is 2. The van der Waals surface area contributed by atoms with Crippen LogP contribution < -0.4 is 11.1 Å². The Morgan fingerprint density at radius 3 is 2.87 bits per heavy atom. The van der Waals surface area contributed by atoms with Gasteiger partial charge in [-0.25, -0.2) is 24.1 Å². The fraction of sp³-hybridized carbons (Fsp3) is 0.421. The molecule has 1 aromatic rings. The maximum Gasteiger partial charge on any atom is 0.352 e. The van der Waals surface area contributed by atoms with E-state index in [-0.39, 0.29) is 52.4 Å². The molecule has 20 heteroatoms. The molecule has 3 aliphatic rings. The van der Waals surface area contributed by atoms with E-state index < -0.39 is 34.8 Å². The smallest absolute Gasteiger partial charge is 0.352 e. The quantitative estimate of drug-likeness (QED) is 0.132.